The summed E-state index contributed by atoms with van der Waals surface area (Å²) in [5.74, 6) is -1.58. The van der Waals surface area contributed by atoms with Crippen molar-refractivity contribution < 1.29 is 14.7 Å². The molecular weight excluding hydrogens is 468 g/mol. The molecular formula is C25H27ClN6O3. The van der Waals surface area contributed by atoms with Gasteiger partial charge in [0.25, 0.3) is 5.91 Å². The van der Waals surface area contributed by atoms with Gasteiger partial charge in [0.05, 0.1) is 28.1 Å². The SMILES string of the molecule is CCC(C(=O)O)C(Nc1ncnc2cc(C(=O)N3CCCC3)c(Cl)cc12)c1cccc(C(=N)N)c1. The molecule has 1 fully saturated rings. The molecule has 1 aliphatic rings. The molecule has 2 heterocycles. The molecule has 0 radical (unpaired) electrons. The van der Waals surface area contributed by atoms with E-state index in [9.17, 15) is 14.7 Å². The summed E-state index contributed by atoms with van der Waals surface area (Å²) in [6.07, 6.45) is 3.67. The summed E-state index contributed by atoms with van der Waals surface area (Å²) in [6.45, 7) is 3.21. The van der Waals surface area contributed by atoms with Crippen LogP contribution in [-0.2, 0) is 4.79 Å². The van der Waals surface area contributed by atoms with Gasteiger partial charge in [-0.25, -0.2) is 9.97 Å². The van der Waals surface area contributed by atoms with E-state index in [-0.39, 0.29) is 16.8 Å². The second-order valence-corrected chi connectivity index (χ2v) is 8.99. The van der Waals surface area contributed by atoms with Crippen LogP contribution >= 0.6 is 11.6 Å². The summed E-state index contributed by atoms with van der Waals surface area (Å²) in [5, 5.41) is 21.8. The van der Waals surface area contributed by atoms with Crippen molar-refractivity contribution in [2.75, 3.05) is 18.4 Å². The number of carbonyl (C=O) groups is 2. The first kappa shape index (κ1) is 24.4. The number of hydrogen-bond donors (Lipinski definition) is 4. The fourth-order valence-corrected chi connectivity index (χ4v) is 4.71. The van der Waals surface area contributed by atoms with Gasteiger partial charge in [-0.2, -0.15) is 0 Å². The lowest BCUT2D eigenvalue weighted by Crippen LogP contribution is -2.28. The molecule has 1 saturated heterocycles. The van der Waals surface area contributed by atoms with Crippen LogP contribution in [0.15, 0.2) is 42.7 Å². The molecule has 2 atom stereocenters. The van der Waals surface area contributed by atoms with E-state index >= 15 is 0 Å². The maximum absolute atomic E-state index is 12.9. The van der Waals surface area contributed by atoms with Gasteiger partial charge < -0.3 is 21.1 Å². The third-order valence-electron chi connectivity index (χ3n) is 6.36. The van der Waals surface area contributed by atoms with Crippen LogP contribution in [0.1, 0.15) is 53.7 Å². The molecule has 1 amide bonds. The number of amides is 1. The molecule has 10 heteroatoms. The predicted octanol–water partition coefficient (Wildman–Crippen LogP) is 4.07. The standard InChI is InChI=1S/C25H27ClN6O3/c1-2-16(25(34)35)21(14-6-5-7-15(10-14)22(27)28)31-23-18-11-19(26)17(12-20(18)29-13-30-23)24(33)32-8-3-4-9-32/h5-7,10-13,16,21H,2-4,8-9H2,1H3,(H3,27,28)(H,34,35)(H,29,30,31). The van der Waals surface area contributed by atoms with Gasteiger partial charge in [0, 0.05) is 24.0 Å². The van der Waals surface area contributed by atoms with Gasteiger partial charge in [0.1, 0.15) is 18.0 Å². The predicted molar refractivity (Wildman–Crippen MR) is 135 cm³/mol. The Labute approximate surface area is 207 Å². The minimum Gasteiger partial charge on any atom is -0.481 e. The number of nitrogens with zero attached hydrogens (tertiary/aromatic N) is 3. The number of benzene rings is 2. The average Bonchev–Trinajstić information content (AvgIpc) is 3.38. The number of carbonyl (C=O) groups excluding carboxylic acids is 1. The van der Waals surface area contributed by atoms with Crippen LogP contribution in [0.5, 0.6) is 0 Å². The molecule has 35 heavy (non-hydrogen) atoms. The van der Waals surface area contributed by atoms with Crippen molar-refractivity contribution in [3.05, 3.63) is 64.4 Å². The first-order valence-electron chi connectivity index (χ1n) is 11.5. The zero-order valence-electron chi connectivity index (χ0n) is 19.3. The Morgan fingerprint density at radius 3 is 2.63 bits per heavy atom. The van der Waals surface area contributed by atoms with Crippen molar-refractivity contribution in [3.63, 3.8) is 0 Å². The Hall–Kier alpha value is -3.72. The van der Waals surface area contributed by atoms with Gasteiger partial charge >= 0.3 is 5.97 Å². The van der Waals surface area contributed by atoms with Gasteiger partial charge in [-0.3, -0.25) is 15.0 Å². The number of amidine groups is 1. The van der Waals surface area contributed by atoms with Crippen LogP contribution in [0.3, 0.4) is 0 Å². The van der Waals surface area contributed by atoms with Gasteiger partial charge in [0.15, 0.2) is 0 Å². The lowest BCUT2D eigenvalue weighted by atomic mass is 9.89. The number of fused-ring (bicyclic) bond motifs is 1. The third kappa shape index (κ3) is 5.05. The van der Waals surface area contributed by atoms with E-state index in [1.54, 1.807) is 48.2 Å². The molecule has 3 aromatic rings. The Bertz CT molecular complexity index is 1290. The second-order valence-electron chi connectivity index (χ2n) is 8.58. The molecule has 0 bridgehead atoms. The molecule has 5 N–H and O–H groups in total. The normalized spacial score (nSPS) is 15.1. The van der Waals surface area contributed by atoms with E-state index in [2.05, 4.69) is 15.3 Å². The molecule has 4 rings (SSSR count). The van der Waals surface area contributed by atoms with Crippen LogP contribution in [0.4, 0.5) is 5.82 Å². The minimum absolute atomic E-state index is 0.108. The van der Waals surface area contributed by atoms with Crippen molar-refractivity contribution in [2.45, 2.75) is 32.2 Å². The Morgan fingerprint density at radius 1 is 1.23 bits per heavy atom. The highest BCUT2D eigenvalue weighted by Gasteiger charge is 2.30. The van der Waals surface area contributed by atoms with Crippen molar-refractivity contribution >= 4 is 46.0 Å². The molecule has 2 aromatic carbocycles. The Morgan fingerprint density at radius 2 is 1.97 bits per heavy atom. The number of carboxylic acids is 1. The molecule has 1 aliphatic heterocycles. The molecule has 2 unspecified atom stereocenters. The zero-order chi connectivity index (χ0) is 25.1. The van der Waals surface area contributed by atoms with Crippen molar-refractivity contribution in [1.82, 2.24) is 14.9 Å². The lowest BCUT2D eigenvalue weighted by molar-refractivity contribution is -0.142. The molecule has 9 nitrogen and oxygen atoms in total. The monoisotopic (exact) mass is 494 g/mol. The zero-order valence-corrected chi connectivity index (χ0v) is 20.0. The highest BCUT2D eigenvalue weighted by atomic mass is 35.5. The highest BCUT2D eigenvalue weighted by Crippen LogP contribution is 2.34. The number of aromatic nitrogens is 2. The van der Waals surface area contributed by atoms with Gasteiger partial charge in [-0.1, -0.05) is 36.7 Å². The highest BCUT2D eigenvalue weighted by molar-refractivity contribution is 6.34. The molecule has 182 valence electrons. The summed E-state index contributed by atoms with van der Waals surface area (Å²) < 4.78 is 0. The van der Waals surface area contributed by atoms with Crippen LogP contribution in [0.25, 0.3) is 10.9 Å². The van der Waals surface area contributed by atoms with Crippen LogP contribution in [-0.4, -0.2) is 50.8 Å². The van der Waals surface area contributed by atoms with Crippen molar-refractivity contribution in [1.29, 1.82) is 5.41 Å². The van der Waals surface area contributed by atoms with Crippen LogP contribution < -0.4 is 11.1 Å². The number of nitrogen functional groups attached to an aromatic ring is 1. The fraction of sp³-hybridized carbons (Fsp3) is 0.320. The van der Waals surface area contributed by atoms with Gasteiger partial charge in [-0.05, 0) is 43.0 Å². The van der Waals surface area contributed by atoms with E-state index in [0.29, 0.717) is 52.9 Å². The molecule has 1 aromatic heterocycles. The van der Waals surface area contributed by atoms with Crippen LogP contribution in [0.2, 0.25) is 5.02 Å². The quantitative estimate of drug-likeness (QED) is 0.273. The van der Waals surface area contributed by atoms with Gasteiger partial charge in [-0.15, -0.1) is 0 Å². The topological polar surface area (TPSA) is 145 Å². The number of nitrogens with two attached hydrogens (primary N) is 1. The maximum atomic E-state index is 12.9. The summed E-state index contributed by atoms with van der Waals surface area (Å²) in [7, 11) is 0. The van der Waals surface area contributed by atoms with E-state index in [0.717, 1.165) is 12.8 Å². The number of nitrogens with one attached hydrogen (secondary N) is 2. The number of hydrogen-bond acceptors (Lipinski definition) is 6. The maximum Gasteiger partial charge on any atom is 0.308 e. The largest absolute Gasteiger partial charge is 0.481 e. The third-order valence-corrected chi connectivity index (χ3v) is 6.67. The number of halogens is 1. The number of carboxylic acid groups (broad SMARTS) is 1. The van der Waals surface area contributed by atoms with Gasteiger partial charge in [0.2, 0.25) is 0 Å². The minimum atomic E-state index is -0.965. The first-order chi connectivity index (χ1) is 16.8. The number of anilines is 1. The lowest BCUT2D eigenvalue weighted by Gasteiger charge is -2.26. The number of rotatable bonds is 8. The Kier molecular flexibility index (Phi) is 7.16. The first-order valence-corrected chi connectivity index (χ1v) is 11.8. The van der Waals surface area contributed by atoms with E-state index in [1.165, 1.54) is 6.33 Å². The summed E-state index contributed by atoms with van der Waals surface area (Å²) in [6, 6.07) is 9.57. The summed E-state index contributed by atoms with van der Waals surface area (Å²) in [4.78, 5) is 35.5. The van der Waals surface area contributed by atoms with Crippen molar-refractivity contribution in [3.8, 4) is 0 Å². The summed E-state index contributed by atoms with van der Waals surface area (Å²) in [5.41, 5.74) is 7.72. The fourth-order valence-electron chi connectivity index (χ4n) is 4.46. The average molecular weight is 495 g/mol. The molecule has 0 spiro atoms. The van der Waals surface area contributed by atoms with Crippen LogP contribution in [0, 0.1) is 11.3 Å². The van der Waals surface area contributed by atoms with E-state index < -0.39 is 17.9 Å². The number of aliphatic carboxylic acids is 1. The molecule has 0 aliphatic carbocycles. The summed E-state index contributed by atoms with van der Waals surface area (Å²) >= 11 is 6.54. The van der Waals surface area contributed by atoms with E-state index in [1.807, 2.05) is 0 Å². The molecule has 0 saturated carbocycles. The van der Waals surface area contributed by atoms with E-state index in [4.69, 9.17) is 22.7 Å². The Balaban J connectivity index is 1.76. The van der Waals surface area contributed by atoms with Crippen molar-refractivity contribution in [2.24, 2.45) is 11.7 Å². The number of likely N-dealkylation sites (tertiary alicyclic amines) is 1. The smallest absolute Gasteiger partial charge is 0.308 e. The second kappa shape index (κ2) is 10.3.